The van der Waals surface area contributed by atoms with Gasteiger partial charge in [-0.15, -0.1) is 0 Å². The number of carbonyl (C=O) groups is 1. The molecule has 2 unspecified atom stereocenters. The fraction of sp³-hybridized carbons (Fsp3) is 0.933. The predicted molar refractivity (Wildman–Crippen MR) is 80.2 cm³/mol. The van der Waals surface area contributed by atoms with Gasteiger partial charge < -0.3 is 15.5 Å². The van der Waals surface area contributed by atoms with E-state index in [0.717, 1.165) is 39.0 Å². The van der Waals surface area contributed by atoms with Gasteiger partial charge in [0.15, 0.2) is 0 Å². The Labute approximate surface area is 118 Å². The van der Waals surface area contributed by atoms with Crippen molar-refractivity contribution in [1.29, 1.82) is 0 Å². The normalized spacial score (nSPS) is 23.1. The second kappa shape index (κ2) is 7.25. The molecule has 0 aromatic carbocycles. The number of amides is 1. The molecule has 0 spiro atoms. The lowest BCUT2D eigenvalue weighted by Crippen LogP contribution is -2.46. The van der Waals surface area contributed by atoms with E-state index in [2.05, 4.69) is 43.2 Å². The highest BCUT2D eigenvalue weighted by molar-refractivity contribution is 5.78. The van der Waals surface area contributed by atoms with Crippen LogP contribution in [0.2, 0.25) is 0 Å². The van der Waals surface area contributed by atoms with Gasteiger partial charge in [-0.2, -0.15) is 0 Å². The van der Waals surface area contributed by atoms with Crippen LogP contribution >= 0.6 is 0 Å². The molecule has 1 aliphatic heterocycles. The van der Waals surface area contributed by atoms with Gasteiger partial charge in [-0.1, -0.05) is 6.92 Å². The molecule has 0 aliphatic carbocycles. The third kappa shape index (κ3) is 6.39. The number of hydrogen-bond acceptors (Lipinski definition) is 3. The average molecular weight is 269 g/mol. The molecule has 1 aliphatic rings. The molecule has 0 aromatic rings. The van der Waals surface area contributed by atoms with Crippen LogP contribution in [-0.4, -0.2) is 49.6 Å². The number of hydrogen-bond donors (Lipinski definition) is 2. The van der Waals surface area contributed by atoms with Crippen molar-refractivity contribution in [3.05, 3.63) is 0 Å². The summed E-state index contributed by atoms with van der Waals surface area (Å²) in [6, 6.07) is 0. The number of piperidine rings is 1. The summed E-state index contributed by atoms with van der Waals surface area (Å²) < 4.78 is 0. The van der Waals surface area contributed by atoms with Gasteiger partial charge in [0.1, 0.15) is 0 Å². The summed E-state index contributed by atoms with van der Waals surface area (Å²) in [5, 5.41) is 6.33. The molecular formula is C15H31N3O. The first-order valence-electron chi connectivity index (χ1n) is 7.51. The largest absolute Gasteiger partial charge is 0.359 e. The van der Waals surface area contributed by atoms with Gasteiger partial charge in [-0.25, -0.2) is 0 Å². The Morgan fingerprint density at radius 2 is 2.11 bits per heavy atom. The lowest BCUT2D eigenvalue weighted by molar-refractivity contribution is -0.126. The number of carbonyl (C=O) groups excluding carboxylic acids is 1. The van der Waals surface area contributed by atoms with E-state index >= 15 is 0 Å². The van der Waals surface area contributed by atoms with E-state index in [9.17, 15) is 4.79 Å². The van der Waals surface area contributed by atoms with Crippen molar-refractivity contribution in [3.8, 4) is 0 Å². The quantitative estimate of drug-likeness (QED) is 0.794. The minimum absolute atomic E-state index is 0.181. The summed E-state index contributed by atoms with van der Waals surface area (Å²) in [6.45, 7) is 13.0. The van der Waals surface area contributed by atoms with Gasteiger partial charge in [0.2, 0.25) is 5.91 Å². The minimum Gasteiger partial charge on any atom is -0.359 e. The molecule has 2 N–H and O–H groups in total. The molecule has 0 aromatic heterocycles. The fourth-order valence-corrected chi connectivity index (χ4v) is 2.63. The van der Waals surface area contributed by atoms with Crippen LogP contribution in [-0.2, 0) is 4.79 Å². The molecular weight excluding hydrogens is 238 g/mol. The van der Waals surface area contributed by atoms with Gasteiger partial charge in [0.05, 0.1) is 5.92 Å². The van der Waals surface area contributed by atoms with Crippen LogP contribution in [0.25, 0.3) is 0 Å². The fourth-order valence-electron chi connectivity index (χ4n) is 2.63. The van der Waals surface area contributed by atoms with Crippen molar-refractivity contribution in [3.63, 3.8) is 0 Å². The van der Waals surface area contributed by atoms with Crippen LogP contribution in [0.5, 0.6) is 0 Å². The predicted octanol–water partition coefficient (Wildman–Crippen LogP) is 1.47. The molecule has 1 saturated heterocycles. The van der Waals surface area contributed by atoms with E-state index in [1.165, 1.54) is 0 Å². The number of nitrogens with zero attached hydrogens (tertiary/aromatic N) is 1. The van der Waals surface area contributed by atoms with Crippen LogP contribution in [0.3, 0.4) is 0 Å². The monoisotopic (exact) mass is 269 g/mol. The molecule has 1 rings (SSSR count). The van der Waals surface area contributed by atoms with Gasteiger partial charge in [-0.05, 0) is 52.6 Å². The van der Waals surface area contributed by atoms with E-state index in [1.807, 2.05) is 0 Å². The van der Waals surface area contributed by atoms with Gasteiger partial charge in [-0.3, -0.25) is 4.79 Å². The highest BCUT2D eigenvalue weighted by Crippen LogP contribution is 2.17. The smallest absolute Gasteiger partial charge is 0.224 e. The van der Waals surface area contributed by atoms with E-state index in [0.29, 0.717) is 5.92 Å². The second-order valence-corrected chi connectivity index (χ2v) is 6.95. The summed E-state index contributed by atoms with van der Waals surface area (Å²) in [4.78, 5) is 14.1. The number of likely N-dealkylation sites (tertiary alicyclic amines) is 1. The Bertz CT molecular complexity index is 286. The maximum absolute atomic E-state index is 11.7. The Hall–Kier alpha value is -0.610. The van der Waals surface area contributed by atoms with Crippen molar-refractivity contribution in [2.24, 2.45) is 11.8 Å². The van der Waals surface area contributed by atoms with E-state index in [-0.39, 0.29) is 17.4 Å². The first-order valence-corrected chi connectivity index (χ1v) is 7.51. The zero-order valence-corrected chi connectivity index (χ0v) is 13.3. The molecule has 19 heavy (non-hydrogen) atoms. The van der Waals surface area contributed by atoms with Crippen molar-refractivity contribution < 1.29 is 4.79 Å². The van der Waals surface area contributed by atoms with Crippen molar-refractivity contribution in [2.45, 2.75) is 46.1 Å². The van der Waals surface area contributed by atoms with Crippen LogP contribution < -0.4 is 10.6 Å². The molecule has 1 fully saturated rings. The molecule has 112 valence electrons. The van der Waals surface area contributed by atoms with E-state index in [4.69, 9.17) is 0 Å². The SMILES string of the molecule is CNC(=O)C1CCCN(CC(C)CNC(C)(C)C)C1. The third-order valence-electron chi connectivity index (χ3n) is 3.67. The molecule has 1 heterocycles. The second-order valence-electron chi connectivity index (χ2n) is 6.95. The minimum atomic E-state index is 0.181. The Balaban J connectivity index is 2.33. The first kappa shape index (κ1) is 16.4. The Kier molecular flexibility index (Phi) is 6.27. The van der Waals surface area contributed by atoms with E-state index < -0.39 is 0 Å². The third-order valence-corrected chi connectivity index (χ3v) is 3.67. The van der Waals surface area contributed by atoms with Crippen molar-refractivity contribution in [1.82, 2.24) is 15.5 Å². The number of rotatable bonds is 5. The average Bonchev–Trinajstić information content (AvgIpc) is 2.35. The Morgan fingerprint density at radius 3 is 2.68 bits per heavy atom. The van der Waals surface area contributed by atoms with Gasteiger partial charge in [0, 0.05) is 25.7 Å². The summed E-state index contributed by atoms with van der Waals surface area (Å²) in [5.74, 6) is 0.995. The van der Waals surface area contributed by atoms with Gasteiger partial charge >= 0.3 is 0 Å². The lowest BCUT2D eigenvalue weighted by atomic mass is 9.96. The molecule has 0 bridgehead atoms. The molecule has 4 heteroatoms. The summed E-state index contributed by atoms with van der Waals surface area (Å²) in [5.41, 5.74) is 0.181. The van der Waals surface area contributed by atoms with Gasteiger partial charge in [0.25, 0.3) is 0 Å². The van der Waals surface area contributed by atoms with Crippen LogP contribution in [0.15, 0.2) is 0 Å². The molecule has 4 nitrogen and oxygen atoms in total. The topological polar surface area (TPSA) is 44.4 Å². The molecule has 0 saturated carbocycles. The maximum atomic E-state index is 11.7. The van der Waals surface area contributed by atoms with Crippen molar-refractivity contribution >= 4 is 5.91 Å². The van der Waals surface area contributed by atoms with Crippen LogP contribution in [0, 0.1) is 11.8 Å². The van der Waals surface area contributed by atoms with Crippen LogP contribution in [0.4, 0.5) is 0 Å². The molecule has 0 radical (unpaired) electrons. The van der Waals surface area contributed by atoms with E-state index in [1.54, 1.807) is 7.05 Å². The molecule has 2 atom stereocenters. The molecule has 1 amide bonds. The highest BCUT2D eigenvalue weighted by atomic mass is 16.1. The lowest BCUT2D eigenvalue weighted by Gasteiger charge is -2.34. The summed E-state index contributed by atoms with van der Waals surface area (Å²) in [7, 11) is 1.73. The summed E-state index contributed by atoms with van der Waals surface area (Å²) in [6.07, 6.45) is 2.17. The first-order chi connectivity index (χ1) is 8.81. The highest BCUT2D eigenvalue weighted by Gasteiger charge is 2.25. The standard InChI is InChI=1S/C15H31N3O/c1-12(9-17-15(2,3)4)10-18-8-6-7-13(11-18)14(19)16-5/h12-13,17H,6-11H2,1-5H3,(H,16,19). The Morgan fingerprint density at radius 1 is 1.42 bits per heavy atom. The maximum Gasteiger partial charge on any atom is 0.224 e. The summed E-state index contributed by atoms with van der Waals surface area (Å²) >= 11 is 0. The zero-order chi connectivity index (χ0) is 14.5. The zero-order valence-electron chi connectivity index (χ0n) is 13.3. The van der Waals surface area contributed by atoms with Crippen LogP contribution in [0.1, 0.15) is 40.5 Å². The van der Waals surface area contributed by atoms with Crippen molar-refractivity contribution in [2.75, 3.05) is 33.2 Å². The number of nitrogens with one attached hydrogen (secondary N) is 2.